The van der Waals surface area contributed by atoms with E-state index in [0.29, 0.717) is 5.92 Å². The summed E-state index contributed by atoms with van der Waals surface area (Å²) in [5.41, 5.74) is 0.957. The molecule has 1 nitrogen and oxygen atoms in total. The van der Waals surface area contributed by atoms with E-state index in [9.17, 15) is 4.79 Å². The van der Waals surface area contributed by atoms with E-state index >= 15 is 0 Å². The standard InChI is InChI=1S/C15H22O/c1-3-5-6-7-8-9-10-13-11-12-15(16)14(13)4-2/h4,8-9,11-13H,3,5-7,10H2,1-2H3/b9-8-,14-4+/t13-/m0/s1. The minimum Gasteiger partial charge on any atom is -0.290 e. The van der Waals surface area contributed by atoms with Crippen LogP contribution >= 0.6 is 0 Å². The normalized spacial score (nSPS) is 22.8. The minimum absolute atomic E-state index is 0.187. The van der Waals surface area contributed by atoms with Crippen LogP contribution in [0, 0.1) is 5.92 Å². The molecule has 1 heteroatoms. The third kappa shape index (κ3) is 3.80. The number of allylic oxidation sites excluding steroid dienone is 6. The lowest BCUT2D eigenvalue weighted by Crippen LogP contribution is -2.01. The van der Waals surface area contributed by atoms with Crippen LogP contribution in [0.2, 0.25) is 0 Å². The van der Waals surface area contributed by atoms with Crippen LogP contribution in [0.25, 0.3) is 0 Å². The van der Waals surface area contributed by atoms with Gasteiger partial charge in [0.15, 0.2) is 5.78 Å². The fourth-order valence-corrected chi connectivity index (χ4v) is 2.02. The van der Waals surface area contributed by atoms with Gasteiger partial charge in [0.05, 0.1) is 0 Å². The van der Waals surface area contributed by atoms with Gasteiger partial charge in [0.2, 0.25) is 0 Å². The number of carbonyl (C=O) groups is 1. The van der Waals surface area contributed by atoms with Crippen molar-refractivity contribution in [1.82, 2.24) is 0 Å². The molecule has 1 aliphatic rings. The monoisotopic (exact) mass is 218 g/mol. The Morgan fingerprint density at radius 1 is 1.31 bits per heavy atom. The number of hydrogen-bond acceptors (Lipinski definition) is 1. The Hall–Kier alpha value is -1.11. The maximum Gasteiger partial charge on any atom is 0.181 e. The van der Waals surface area contributed by atoms with E-state index in [2.05, 4.69) is 19.1 Å². The summed E-state index contributed by atoms with van der Waals surface area (Å²) in [6.07, 6.45) is 16.1. The van der Waals surface area contributed by atoms with Crippen LogP contribution in [0.4, 0.5) is 0 Å². The average Bonchev–Trinajstić information content (AvgIpc) is 2.64. The van der Waals surface area contributed by atoms with Crippen molar-refractivity contribution in [2.24, 2.45) is 5.92 Å². The molecule has 16 heavy (non-hydrogen) atoms. The number of ketones is 1. The van der Waals surface area contributed by atoms with Crippen LogP contribution in [0.5, 0.6) is 0 Å². The molecule has 0 aliphatic heterocycles. The highest BCUT2D eigenvalue weighted by atomic mass is 16.1. The molecule has 0 aromatic rings. The first kappa shape index (κ1) is 13.0. The van der Waals surface area contributed by atoms with E-state index in [1.165, 1.54) is 25.7 Å². The maximum absolute atomic E-state index is 11.4. The molecule has 0 amide bonds. The fraction of sp³-hybridized carbons (Fsp3) is 0.533. The molecule has 0 aromatic heterocycles. The largest absolute Gasteiger partial charge is 0.290 e. The first-order valence-electron chi connectivity index (χ1n) is 6.33. The quantitative estimate of drug-likeness (QED) is 0.371. The van der Waals surface area contributed by atoms with Gasteiger partial charge in [-0.05, 0) is 32.3 Å². The molecule has 0 N–H and O–H groups in total. The molecule has 0 heterocycles. The van der Waals surface area contributed by atoms with E-state index in [1.54, 1.807) is 6.08 Å². The molecule has 0 bridgehead atoms. The zero-order valence-corrected chi connectivity index (χ0v) is 10.4. The summed E-state index contributed by atoms with van der Waals surface area (Å²) < 4.78 is 0. The van der Waals surface area contributed by atoms with Crippen LogP contribution < -0.4 is 0 Å². The van der Waals surface area contributed by atoms with Crippen LogP contribution in [0.1, 0.15) is 46.0 Å². The van der Waals surface area contributed by atoms with Crippen molar-refractivity contribution in [2.75, 3.05) is 0 Å². The molecule has 0 saturated carbocycles. The summed E-state index contributed by atoms with van der Waals surface area (Å²) in [6.45, 7) is 4.16. The van der Waals surface area contributed by atoms with E-state index in [0.717, 1.165) is 12.0 Å². The summed E-state index contributed by atoms with van der Waals surface area (Å²) in [4.78, 5) is 11.4. The van der Waals surface area contributed by atoms with Crippen molar-refractivity contribution in [3.05, 3.63) is 36.0 Å². The van der Waals surface area contributed by atoms with Gasteiger partial charge in [-0.25, -0.2) is 0 Å². The Labute approximate surface area is 98.9 Å². The first-order valence-corrected chi connectivity index (χ1v) is 6.33. The zero-order chi connectivity index (χ0) is 11.8. The second kappa shape index (κ2) is 7.21. The molecule has 88 valence electrons. The third-order valence-corrected chi connectivity index (χ3v) is 3.01. The van der Waals surface area contributed by atoms with Gasteiger partial charge in [-0.15, -0.1) is 0 Å². The topological polar surface area (TPSA) is 17.1 Å². The average molecular weight is 218 g/mol. The predicted octanol–water partition coefficient (Wildman–Crippen LogP) is 4.21. The number of rotatable bonds is 6. The second-order valence-electron chi connectivity index (χ2n) is 4.28. The van der Waals surface area contributed by atoms with Gasteiger partial charge in [-0.2, -0.15) is 0 Å². The molecule has 0 radical (unpaired) electrons. The highest BCUT2D eigenvalue weighted by molar-refractivity contribution is 6.07. The van der Waals surface area contributed by atoms with Crippen molar-refractivity contribution >= 4 is 5.78 Å². The molecule has 0 unspecified atom stereocenters. The minimum atomic E-state index is 0.187. The summed E-state index contributed by atoms with van der Waals surface area (Å²) in [5.74, 6) is 0.506. The van der Waals surface area contributed by atoms with E-state index in [1.807, 2.05) is 19.1 Å². The Balaban J connectivity index is 2.28. The molecule has 1 aliphatic carbocycles. The lowest BCUT2D eigenvalue weighted by atomic mass is 9.98. The summed E-state index contributed by atoms with van der Waals surface area (Å²) >= 11 is 0. The van der Waals surface area contributed by atoms with Crippen LogP contribution in [-0.2, 0) is 4.79 Å². The third-order valence-electron chi connectivity index (χ3n) is 3.01. The highest BCUT2D eigenvalue weighted by Crippen LogP contribution is 2.24. The van der Waals surface area contributed by atoms with Gasteiger partial charge in [0.25, 0.3) is 0 Å². The van der Waals surface area contributed by atoms with Gasteiger partial charge in [0.1, 0.15) is 0 Å². The van der Waals surface area contributed by atoms with Crippen LogP contribution in [0.3, 0.4) is 0 Å². The molecule has 0 fully saturated rings. The molecule has 0 saturated heterocycles. The van der Waals surface area contributed by atoms with Crippen molar-refractivity contribution in [1.29, 1.82) is 0 Å². The van der Waals surface area contributed by atoms with E-state index in [4.69, 9.17) is 0 Å². The van der Waals surface area contributed by atoms with Gasteiger partial charge in [-0.1, -0.05) is 44.1 Å². The number of carbonyl (C=O) groups excluding carboxylic acids is 1. The van der Waals surface area contributed by atoms with Gasteiger partial charge < -0.3 is 0 Å². The molecule has 1 rings (SSSR count). The number of hydrogen-bond donors (Lipinski definition) is 0. The first-order chi connectivity index (χ1) is 7.79. The van der Waals surface area contributed by atoms with E-state index < -0.39 is 0 Å². The Morgan fingerprint density at radius 3 is 2.81 bits per heavy atom. The fourth-order valence-electron chi connectivity index (χ4n) is 2.02. The summed E-state index contributed by atoms with van der Waals surface area (Å²) in [6, 6.07) is 0. The molecule has 1 atom stereocenters. The lowest BCUT2D eigenvalue weighted by molar-refractivity contribution is -0.111. The summed E-state index contributed by atoms with van der Waals surface area (Å²) in [5, 5.41) is 0. The molecule has 0 spiro atoms. The smallest absolute Gasteiger partial charge is 0.181 e. The molecule has 0 aromatic carbocycles. The van der Waals surface area contributed by atoms with Gasteiger partial charge in [0, 0.05) is 11.5 Å². The molecular formula is C15H22O. The van der Waals surface area contributed by atoms with Crippen LogP contribution in [-0.4, -0.2) is 5.78 Å². The Bertz CT molecular complexity index is 307. The van der Waals surface area contributed by atoms with Gasteiger partial charge in [-0.3, -0.25) is 4.79 Å². The van der Waals surface area contributed by atoms with Crippen molar-refractivity contribution < 1.29 is 4.79 Å². The van der Waals surface area contributed by atoms with Crippen molar-refractivity contribution in [2.45, 2.75) is 46.0 Å². The lowest BCUT2D eigenvalue weighted by Gasteiger charge is -2.05. The van der Waals surface area contributed by atoms with Gasteiger partial charge >= 0.3 is 0 Å². The second-order valence-corrected chi connectivity index (χ2v) is 4.28. The van der Waals surface area contributed by atoms with E-state index in [-0.39, 0.29) is 5.78 Å². The van der Waals surface area contributed by atoms with Crippen LogP contribution in [0.15, 0.2) is 36.0 Å². The Kier molecular flexibility index (Phi) is 5.84. The maximum atomic E-state index is 11.4. The van der Waals surface area contributed by atoms with Crippen molar-refractivity contribution in [3.8, 4) is 0 Å². The molecular weight excluding hydrogens is 196 g/mol. The SMILES string of the molecule is C/C=C1/C(=O)C=C[C@@H]1C/C=C\CCCCC. The Morgan fingerprint density at radius 2 is 2.12 bits per heavy atom. The number of unbranched alkanes of at least 4 members (excludes halogenated alkanes) is 3. The summed E-state index contributed by atoms with van der Waals surface area (Å²) in [7, 11) is 0. The van der Waals surface area contributed by atoms with Crippen molar-refractivity contribution in [3.63, 3.8) is 0 Å². The predicted molar refractivity (Wildman–Crippen MR) is 69.3 cm³/mol. The highest BCUT2D eigenvalue weighted by Gasteiger charge is 2.20. The zero-order valence-electron chi connectivity index (χ0n) is 10.4.